The average molecular weight is 363 g/mol. The molecule has 1 aromatic rings. The Labute approximate surface area is 152 Å². The quantitative estimate of drug-likeness (QED) is 0.757. The molecule has 2 atom stereocenters. The second-order valence-electron chi connectivity index (χ2n) is 6.95. The Morgan fingerprint density at radius 2 is 1.68 bits per heavy atom. The van der Waals surface area contributed by atoms with Gasteiger partial charge in [-0.1, -0.05) is 36.6 Å². The summed E-state index contributed by atoms with van der Waals surface area (Å²) in [5.74, 6) is -0.539. The van der Waals surface area contributed by atoms with Crippen LogP contribution in [0.4, 0.5) is 0 Å². The highest BCUT2D eigenvalue weighted by Gasteiger charge is 2.47. The summed E-state index contributed by atoms with van der Waals surface area (Å²) in [6, 6.07) is 7.34. The van der Waals surface area contributed by atoms with Crippen molar-refractivity contribution in [3.8, 4) is 0 Å². The number of fused-ring (bicyclic) bond motifs is 1. The number of benzene rings is 1. The molecule has 1 heterocycles. The lowest BCUT2D eigenvalue weighted by molar-refractivity contribution is -0.140. The third kappa shape index (κ3) is 3.87. The van der Waals surface area contributed by atoms with E-state index in [9.17, 15) is 14.4 Å². The Hall–Kier alpha value is -1.88. The van der Waals surface area contributed by atoms with Crippen LogP contribution >= 0.6 is 11.6 Å². The average Bonchev–Trinajstić information content (AvgIpc) is 2.86. The van der Waals surface area contributed by atoms with Crippen LogP contribution in [0.25, 0.3) is 0 Å². The molecular weight excluding hydrogens is 340 g/mol. The number of imide groups is 1. The van der Waals surface area contributed by atoms with Gasteiger partial charge >= 0.3 is 0 Å². The van der Waals surface area contributed by atoms with Crippen LogP contribution in [0.1, 0.15) is 37.7 Å². The van der Waals surface area contributed by atoms with Gasteiger partial charge in [-0.2, -0.15) is 0 Å². The predicted octanol–water partition coefficient (Wildman–Crippen LogP) is 2.86. The van der Waals surface area contributed by atoms with Crippen LogP contribution in [0.2, 0.25) is 5.02 Å². The smallest absolute Gasteiger partial charge is 0.233 e. The molecule has 2 unspecified atom stereocenters. The molecule has 1 aliphatic heterocycles. The van der Waals surface area contributed by atoms with Crippen molar-refractivity contribution in [2.75, 3.05) is 13.6 Å². The molecule has 3 rings (SSSR count). The molecule has 0 bridgehead atoms. The zero-order valence-electron chi connectivity index (χ0n) is 14.4. The number of rotatable bonds is 5. The van der Waals surface area contributed by atoms with Crippen LogP contribution in [0.15, 0.2) is 24.3 Å². The molecule has 0 spiro atoms. The van der Waals surface area contributed by atoms with Crippen molar-refractivity contribution in [3.05, 3.63) is 34.9 Å². The number of hydrogen-bond donors (Lipinski definition) is 0. The van der Waals surface area contributed by atoms with Crippen molar-refractivity contribution >= 4 is 29.3 Å². The highest BCUT2D eigenvalue weighted by molar-refractivity contribution is 6.30. The second-order valence-corrected chi connectivity index (χ2v) is 7.39. The molecule has 0 N–H and O–H groups in total. The Balaban J connectivity index is 1.53. The van der Waals surface area contributed by atoms with E-state index in [4.69, 9.17) is 11.6 Å². The lowest BCUT2D eigenvalue weighted by Crippen LogP contribution is -2.36. The fourth-order valence-electron chi connectivity index (χ4n) is 3.80. The fourth-order valence-corrected chi connectivity index (χ4v) is 3.93. The summed E-state index contributed by atoms with van der Waals surface area (Å²) in [6.07, 6.45) is 3.79. The molecule has 0 aromatic heterocycles. The molecule has 6 heteroatoms. The third-order valence-corrected chi connectivity index (χ3v) is 5.49. The minimum atomic E-state index is -0.150. The fraction of sp³-hybridized carbons (Fsp3) is 0.526. The van der Waals surface area contributed by atoms with Crippen LogP contribution in [-0.2, 0) is 20.9 Å². The van der Waals surface area contributed by atoms with E-state index in [0.29, 0.717) is 11.6 Å². The number of amides is 3. The van der Waals surface area contributed by atoms with Crippen LogP contribution in [0, 0.1) is 11.8 Å². The van der Waals surface area contributed by atoms with Gasteiger partial charge in [0.15, 0.2) is 0 Å². The normalized spacial score (nSPS) is 22.9. The standard InChI is InChI=1S/C19H23ClN2O3/c1-21(12-13-6-8-14(20)9-7-13)17(23)10-11-22-18(24)15-4-2-3-5-16(15)19(22)25/h6-9,15-16H,2-5,10-12H2,1H3. The molecule has 2 fully saturated rings. The maximum absolute atomic E-state index is 12.4. The minimum absolute atomic E-state index is 0.0783. The predicted molar refractivity (Wildman–Crippen MR) is 94.7 cm³/mol. The minimum Gasteiger partial charge on any atom is -0.341 e. The van der Waals surface area contributed by atoms with Gasteiger partial charge in [0, 0.05) is 31.6 Å². The van der Waals surface area contributed by atoms with Gasteiger partial charge in [-0.25, -0.2) is 0 Å². The summed E-state index contributed by atoms with van der Waals surface area (Å²) < 4.78 is 0. The molecule has 2 aliphatic rings. The largest absolute Gasteiger partial charge is 0.341 e. The lowest BCUT2D eigenvalue weighted by atomic mass is 9.81. The van der Waals surface area contributed by atoms with Crippen LogP contribution < -0.4 is 0 Å². The summed E-state index contributed by atoms with van der Waals surface area (Å²) in [5, 5.41) is 0.658. The van der Waals surface area contributed by atoms with E-state index in [1.54, 1.807) is 24.1 Å². The van der Waals surface area contributed by atoms with E-state index in [2.05, 4.69) is 0 Å². The summed E-state index contributed by atoms with van der Waals surface area (Å²) in [7, 11) is 1.73. The van der Waals surface area contributed by atoms with Gasteiger partial charge in [0.2, 0.25) is 17.7 Å². The maximum atomic E-state index is 12.4. The van der Waals surface area contributed by atoms with Crippen molar-refractivity contribution in [1.82, 2.24) is 9.80 Å². The van der Waals surface area contributed by atoms with E-state index in [0.717, 1.165) is 31.2 Å². The Bertz CT molecular complexity index is 650. The topological polar surface area (TPSA) is 57.7 Å². The second kappa shape index (κ2) is 7.56. The molecule has 0 radical (unpaired) electrons. The van der Waals surface area contributed by atoms with Crippen LogP contribution in [0.5, 0.6) is 0 Å². The van der Waals surface area contributed by atoms with Crippen molar-refractivity contribution in [1.29, 1.82) is 0 Å². The van der Waals surface area contributed by atoms with E-state index < -0.39 is 0 Å². The van der Waals surface area contributed by atoms with E-state index in [1.165, 1.54) is 4.90 Å². The van der Waals surface area contributed by atoms with Gasteiger partial charge in [0.25, 0.3) is 0 Å². The molecule has 1 aromatic carbocycles. The number of carbonyl (C=O) groups is 3. The lowest BCUT2D eigenvalue weighted by Gasteiger charge is -2.20. The molecule has 1 aliphatic carbocycles. The van der Waals surface area contributed by atoms with Crippen molar-refractivity contribution in [2.24, 2.45) is 11.8 Å². The monoisotopic (exact) mass is 362 g/mol. The first kappa shape index (κ1) is 17.9. The molecule has 1 saturated carbocycles. The molecule has 134 valence electrons. The zero-order chi connectivity index (χ0) is 18.0. The maximum Gasteiger partial charge on any atom is 0.233 e. The van der Waals surface area contributed by atoms with Crippen molar-refractivity contribution in [2.45, 2.75) is 38.6 Å². The number of halogens is 1. The van der Waals surface area contributed by atoms with Gasteiger partial charge in [-0.05, 0) is 30.5 Å². The van der Waals surface area contributed by atoms with E-state index >= 15 is 0 Å². The summed E-state index contributed by atoms with van der Waals surface area (Å²) in [5.41, 5.74) is 0.986. The highest BCUT2D eigenvalue weighted by Crippen LogP contribution is 2.37. The molecule has 3 amide bonds. The van der Waals surface area contributed by atoms with E-state index in [1.807, 2.05) is 12.1 Å². The Kier molecular flexibility index (Phi) is 5.42. The molecule has 1 saturated heterocycles. The van der Waals surface area contributed by atoms with Gasteiger partial charge in [-0.15, -0.1) is 0 Å². The van der Waals surface area contributed by atoms with Crippen molar-refractivity contribution in [3.63, 3.8) is 0 Å². The molecule has 5 nitrogen and oxygen atoms in total. The number of likely N-dealkylation sites (tertiary alicyclic amines) is 1. The van der Waals surface area contributed by atoms with Crippen molar-refractivity contribution < 1.29 is 14.4 Å². The first-order valence-corrected chi connectivity index (χ1v) is 9.19. The first-order chi connectivity index (χ1) is 12.0. The van der Waals surface area contributed by atoms with Gasteiger partial charge in [0.05, 0.1) is 11.8 Å². The van der Waals surface area contributed by atoms with Crippen LogP contribution in [-0.4, -0.2) is 41.1 Å². The van der Waals surface area contributed by atoms with E-state index in [-0.39, 0.29) is 42.5 Å². The zero-order valence-corrected chi connectivity index (χ0v) is 15.2. The summed E-state index contributed by atoms with van der Waals surface area (Å²) in [6.45, 7) is 0.664. The molecular formula is C19H23ClN2O3. The van der Waals surface area contributed by atoms with Crippen LogP contribution in [0.3, 0.4) is 0 Å². The Morgan fingerprint density at radius 3 is 2.24 bits per heavy atom. The summed E-state index contributed by atoms with van der Waals surface area (Å²) in [4.78, 5) is 40.1. The highest BCUT2D eigenvalue weighted by atomic mass is 35.5. The number of nitrogens with zero attached hydrogens (tertiary/aromatic N) is 2. The van der Waals surface area contributed by atoms with Gasteiger partial charge in [0.1, 0.15) is 0 Å². The van der Waals surface area contributed by atoms with Gasteiger partial charge in [-0.3, -0.25) is 19.3 Å². The summed E-state index contributed by atoms with van der Waals surface area (Å²) >= 11 is 5.86. The first-order valence-electron chi connectivity index (χ1n) is 8.81. The SMILES string of the molecule is CN(Cc1ccc(Cl)cc1)C(=O)CCN1C(=O)C2CCCCC2C1=O. The third-order valence-electron chi connectivity index (χ3n) is 5.24. The number of carbonyl (C=O) groups excluding carboxylic acids is 3. The van der Waals surface area contributed by atoms with Gasteiger partial charge < -0.3 is 4.90 Å². The number of hydrogen-bond acceptors (Lipinski definition) is 3. The Morgan fingerprint density at radius 1 is 1.12 bits per heavy atom. The molecule has 25 heavy (non-hydrogen) atoms.